The number of aryl methyl sites for hydroxylation is 2. The van der Waals surface area contributed by atoms with E-state index in [1.54, 1.807) is 0 Å². The number of carbonyl (C=O) groups is 1. The fraction of sp³-hybridized carbons (Fsp3) is 0.150. The highest BCUT2D eigenvalue weighted by molar-refractivity contribution is 6.04. The molecule has 3 aromatic rings. The van der Waals surface area contributed by atoms with Gasteiger partial charge >= 0.3 is 6.18 Å². The van der Waals surface area contributed by atoms with Gasteiger partial charge in [0, 0.05) is 23.8 Å². The van der Waals surface area contributed by atoms with Crippen LogP contribution in [0.4, 0.5) is 30.5 Å². The first-order valence-electron chi connectivity index (χ1n) is 8.37. The first kappa shape index (κ1) is 19.3. The zero-order valence-corrected chi connectivity index (χ0v) is 15.1. The first-order chi connectivity index (χ1) is 13.2. The summed E-state index contributed by atoms with van der Waals surface area (Å²) in [5.74, 6) is -0.290. The first-order valence-corrected chi connectivity index (χ1v) is 8.37. The number of anilines is 3. The number of hydrogen-bond donors (Lipinski definition) is 2. The Bertz CT molecular complexity index is 1000. The monoisotopic (exact) mass is 386 g/mol. The molecule has 0 fully saturated rings. The molecule has 3 rings (SSSR count). The number of halogens is 3. The summed E-state index contributed by atoms with van der Waals surface area (Å²) < 4.78 is 38.3. The third-order valence-electron chi connectivity index (χ3n) is 4.00. The molecule has 0 bridgehead atoms. The van der Waals surface area contributed by atoms with Gasteiger partial charge in [0.1, 0.15) is 0 Å². The zero-order valence-electron chi connectivity index (χ0n) is 15.1. The highest BCUT2D eigenvalue weighted by Gasteiger charge is 2.30. The SMILES string of the molecule is Cc1ccc(C)c(NC(=O)c2cnc(Nc3cccc(C(F)(F)F)c3)nc2)c1. The molecule has 0 aliphatic rings. The molecule has 5 nitrogen and oxygen atoms in total. The van der Waals surface area contributed by atoms with Crippen molar-refractivity contribution in [1.82, 2.24) is 9.97 Å². The summed E-state index contributed by atoms with van der Waals surface area (Å²) in [5.41, 5.74) is 2.27. The lowest BCUT2D eigenvalue weighted by Gasteiger charge is -2.11. The van der Waals surface area contributed by atoms with Gasteiger partial charge in [-0.05, 0) is 49.2 Å². The minimum Gasteiger partial charge on any atom is -0.324 e. The summed E-state index contributed by atoms with van der Waals surface area (Å²) in [7, 11) is 0. The van der Waals surface area contributed by atoms with Gasteiger partial charge in [0.05, 0.1) is 11.1 Å². The molecule has 0 aliphatic carbocycles. The lowest BCUT2D eigenvalue weighted by Crippen LogP contribution is -2.14. The average Bonchev–Trinajstić information content (AvgIpc) is 2.65. The van der Waals surface area contributed by atoms with Crippen molar-refractivity contribution < 1.29 is 18.0 Å². The largest absolute Gasteiger partial charge is 0.416 e. The summed E-state index contributed by atoms with van der Waals surface area (Å²) in [6, 6.07) is 10.4. The quantitative estimate of drug-likeness (QED) is 0.654. The predicted molar refractivity (Wildman–Crippen MR) is 101 cm³/mol. The van der Waals surface area contributed by atoms with E-state index in [9.17, 15) is 18.0 Å². The van der Waals surface area contributed by atoms with Crippen LogP contribution in [0.25, 0.3) is 0 Å². The summed E-state index contributed by atoms with van der Waals surface area (Å²) >= 11 is 0. The van der Waals surface area contributed by atoms with Gasteiger partial charge in [-0.25, -0.2) is 9.97 Å². The van der Waals surface area contributed by atoms with Gasteiger partial charge in [-0.2, -0.15) is 13.2 Å². The van der Waals surface area contributed by atoms with Crippen molar-refractivity contribution in [3.05, 3.63) is 77.1 Å². The van der Waals surface area contributed by atoms with E-state index in [0.29, 0.717) is 5.69 Å². The van der Waals surface area contributed by atoms with Crippen LogP contribution in [0.15, 0.2) is 54.9 Å². The van der Waals surface area contributed by atoms with Crippen LogP contribution in [0.5, 0.6) is 0 Å². The minimum atomic E-state index is -4.44. The molecule has 0 radical (unpaired) electrons. The van der Waals surface area contributed by atoms with Crippen LogP contribution in [0.2, 0.25) is 0 Å². The van der Waals surface area contributed by atoms with Gasteiger partial charge in [-0.1, -0.05) is 18.2 Å². The number of hydrogen-bond acceptors (Lipinski definition) is 4. The van der Waals surface area contributed by atoms with Crippen LogP contribution in [0.3, 0.4) is 0 Å². The molecule has 0 spiro atoms. The van der Waals surface area contributed by atoms with Crippen molar-refractivity contribution in [2.75, 3.05) is 10.6 Å². The number of amides is 1. The maximum atomic E-state index is 12.8. The Balaban J connectivity index is 1.71. The average molecular weight is 386 g/mol. The second-order valence-electron chi connectivity index (χ2n) is 6.27. The molecule has 8 heteroatoms. The Kier molecular flexibility index (Phi) is 5.30. The number of nitrogens with one attached hydrogen (secondary N) is 2. The number of aromatic nitrogens is 2. The van der Waals surface area contributed by atoms with Crippen molar-refractivity contribution >= 4 is 23.2 Å². The maximum Gasteiger partial charge on any atom is 0.416 e. The zero-order chi connectivity index (χ0) is 20.3. The maximum absolute atomic E-state index is 12.8. The molecule has 0 atom stereocenters. The molecule has 28 heavy (non-hydrogen) atoms. The summed E-state index contributed by atoms with van der Waals surface area (Å²) in [5, 5.41) is 5.49. The van der Waals surface area contributed by atoms with E-state index >= 15 is 0 Å². The van der Waals surface area contributed by atoms with Crippen LogP contribution in [-0.4, -0.2) is 15.9 Å². The number of nitrogens with zero attached hydrogens (tertiary/aromatic N) is 2. The minimum absolute atomic E-state index is 0.0858. The van der Waals surface area contributed by atoms with Gasteiger partial charge in [0.15, 0.2) is 0 Å². The number of rotatable bonds is 4. The Labute approximate surface area is 159 Å². The van der Waals surface area contributed by atoms with Crippen LogP contribution in [-0.2, 0) is 6.18 Å². The molecule has 0 aliphatic heterocycles. The van der Waals surface area contributed by atoms with Gasteiger partial charge in [-0.15, -0.1) is 0 Å². The summed E-state index contributed by atoms with van der Waals surface area (Å²) in [6.45, 7) is 3.81. The van der Waals surface area contributed by atoms with E-state index < -0.39 is 11.7 Å². The van der Waals surface area contributed by atoms with E-state index in [4.69, 9.17) is 0 Å². The fourth-order valence-corrected chi connectivity index (χ4v) is 2.48. The standard InChI is InChI=1S/C20H17F3N4O/c1-12-6-7-13(2)17(8-12)27-18(28)14-10-24-19(25-11-14)26-16-5-3-4-15(9-16)20(21,22)23/h3-11H,1-2H3,(H,27,28)(H,24,25,26). The second-order valence-corrected chi connectivity index (χ2v) is 6.27. The molecular weight excluding hydrogens is 369 g/mol. The Hall–Kier alpha value is -3.42. The molecule has 144 valence electrons. The number of carbonyl (C=O) groups excluding carboxylic acids is 1. The molecule has 1 amide bonds. The third-order valence-corrected chi connectivity index (χ3v) is 4.00. The number of alkyl halides is 3. The van der Waals surface area contributed by atoms with E-state index in [-0.39, 0.29) is 23.1 Å². The predicted octanol–water partition coefficient (Wildman–Crippen LogP) is 5.11. The molecule has 0 saturated heterocycles. The molecule has 2 aromatic carbocycles. The van der Waals surface area contributed by atoms with E-state index in [1.807, 2.05) is 32.0 Å². The lowest BCUT2D eigenvalue weighted by atomic mass is 10.1. The highest BCUT2D eigenvalue weighted by Crippen LogP contribution is 2.31. The van der Waals surface area contributed by atoms with Crippen LogP contribution < -0.4 is 10.6 Å². The van der Waals surface area contributed by atoms with Gasteiger partial charge < -0.3 is 10.6 Å². The molecule has 1 aromatic heterocycles. The molecular formula is C20H17F3N4O. The second kappa shape index (κ2) is 7.67. The topological polar surface area (TPSA) is 66.9 Å². The lowest BCUT2D eigenvalue weighted by molar-refractivity contribution is -0.137. The van der Waals surface area contributed by atoms with Crippen LogP contribution in [0.1, 0.15) is 27.0 Å². The van der Waals surface area contributed by atoms with Gasteiger partial charge in [0.2, 0.25) is 5.95 Å². The smallest absolute Gasteiger partial charge is 0.324 e. The Morgan fingerprint density at radius 3 is 2.39 bits per heavy atom. The van der Waals surface area contributed by atoms with Crippen LogP contribution >= 0.6 is 0 Å². The molecule has 1 heterocycles. The molecule has 0 unspecified atom stereocenters. The Morgan fingerprint density at radius 2 is 1.71 bits per heavy atom. The summed E-state index contributed by atoms with van der Waals surface area (Å²) in [6.07, 6.45) is -1.82. The van der Waals surface area contributed by atoms with E-state index in [0.717, 1.165) is 23.3 Å². The van der Waals surface area contributed by atoms with Crippen molar-refractivity contribution in [3.63, 3.8) is 0 Å². The van der Waals surface area contributed by atoms with Gasteiger partial charge in [0.25, 0.3) is 5.91 Å². The summed E-state index contributed by atoms with van der Waals surface area (Å²) in [4.78, 5) is 20.4. The van der Waals surface area contributed by atoms with Crippen molar-refractivity contribution in [2.24, 2.45) is 0 Å². The van der Waals surface area contributed by atoms with Gasteiger partial charge in [-0.3, -0.25) is 4.79 Å². The fourth-order valence-electron chi connectivity index (χ4n) is 2.48. The van der Waals surface area contributed by atoms with Crippen LogP contribution in [0, 0.1) is 13.8 Å². The normalized spacial score (nSPS) is 11.2. The number of benzene rings is 2. The Morgan fingerprint density at radius 1 is 1.00 bits per heavy atom. The van der Waals surface area contributed by atoms with Crippen molar-refractivity contribution in [3.8, 4) is 0 Å². The van der Waals surface area contributed by atoms with E-state index in [1.165, 1.54) is 24.5 Å². The highest BCUT2D eigenvalue weighted by atomic mass is 19.4. The molecule has 2 N–H and O–H groups in total. The van der Waals surface area contributed by atoms with Crippen molar-refractivity contribution in [2.45, 2.75) is 20.0 Å². The third kappa shape index (κ3) is 4.64. The van der Waals surface area contributed by atoms with E-state index in [2.05, 4.69) is 20.6 Å². The molecule has 0 saturated carbocycles. The van der Waals surface area contributed by atoms with Crippen molar-refractivity contribution in [1.29, 1.82) is 0 Å².